The Morgan fingerprint density at radius 1 is 1.18 bits per heavy atom. The fourth-order valence-electron chi connectivity index (χ4n) is 2.96. The van der Waals surface area contributed by atoms with E-state index in [9.17, 15) is 0 Å². The molecule has 0 aromatic heterocycles. The zero-order valence-corrected chi connectivity index (χ0v) is 11.5. The third-order valence-corrected chi connectivity index (χ3v) is 4.15. The molecule has 1 N–H and O–H groups in total. The molecule has 100 valence electrons. The Bertz CT molecular complexity index is 234. The summed E-state index contributed by atoms with van der Waals surface area (Å²) in [6, 6.07) is 0.705. The van der Waals surface area contributed by atoms with Gasteiger partial charge in [-0.25, -0.2) is 0 Å². The van der Waals surface area contributed by atoms with E-state index in [0.29, 0.717) is 18.2 Å². The molecule has 0 amide bonds. The minimum atomic E-state index is 0.0673. The van der Waals surface area contributed by atoms with Gasteiger partial charge in [0.15, 0.2) is 0 Å². The fraction of sp³-hybridized carbons (Fsp3) is 1.00. The predicted octanol–water partition coefficient (Wildman–Crippen LogP) is 2.49. The van der Waals surface area contributed by atoms with Gasteiger partial charge in [-0.2, -0.15) is 0 Å². The first-order valence-electron chi connectivity index (χ1n) is 7.06. The van der Waals surface area contributed by atoms with Crippen LogP contribution in [0.15, 0.2) is 0 Å². The summed E-state index contributed by atoms with van der Waals surface area (Å²) < 4.78 is 11.9. The number of rotatable bonds is 4. The molecule has 1 saturated carbocycles. The van der Waals surface area contributed by atoms with E-state index >= 15 is 0 Å². The molecule has 2 rings (SSSR count). The third kappa shape index (κ3) is 3.94. The average molecular weight is 241 g/mol. The van der Waals surface area contributed by atoms with Gasteiger partial charge in [-0.15, -0.1) is 0 Å². The summed E-state index contributed by atoms with van der Waals surface area (Å²) in [5.74, 6) is 0. The topological polar surface area (TPSA) is 30.5 Å². The molecule has 0 spiro atoms. The fourth-order valence-corrected chi connectivity index (χ4v) is 2.96. The van der Waals surface area contributed by atoms with Gasteiger partial charge in [0.2, 0.25) is 0 Å². The maximum atomic E-state index is 6.00. The minimum absolute atomic E-state index is 0.0673. The normalized spacial score (nSPS) is 37.2. The zero-order valence-electron chi connectivity index (χ0n) is 11.5. The summed E-state index contributed by atoms with van der Waals surface area (Å²) in [6.07, 6.45) is 7.99. The Morgan fingerprint density at radius 2 is 1.88 bits per heavy atom. The van der Waals surface area contributed by atoms with Crippen molar-refractivity contribution in [2.45, 2.75) is 76.2 Å². The maximum absolute atomic E-state index is 6.00. The molecular weight excluding hydrogens is 214 g/mol. The molecule has 0 aromatic rings. The number of hydrogen-bond donors (Lipinski definition) is 1. The van der Waals surface area contributed by atoms with Gasteiger partial charge < -0.3 is 14.8 Å². The predicted molar refractivity (Wildman–Crippen MR) is 69.2 cm³/mol. The van der Waals surface area contributed by atoms with E-state index in [1.165, 1.54) is 25.7 Å². The number of hydrogen-bond acceptors (Lipinski definition) is 3. The van der Waals surface area contributed by atoms with E-state index in [1.54, 1.807) is 0 Å². The van der Waals surface area contributed by atoms with Crippen molar-refractivity contribution in [3.05, 3.63) is 0 Å². The number of ether oxygens (including phenoxy) is 2. The molecule has 1 unspecified atom stereocenters. The molecule has 0 aromatic carbocycles. The lowest BCUT2D eigenvalue weighted by molar-refractivity contribution is -0.0767. The first-order valence-corrected chi connectivity index (χ1v) is 7.06. The molecule has 17 heavy (non-hydrogen) atoms. The van der Waals surface area contributed by atoms with E-state index < -0.39 is 0 Å². The van der Waals surface area contributed by atoms with Gasteiger partial charge in [-0.3, -0.25) is 0 Å². The second kappa shape index (κ2) is 5.68. The van der Waals surface area contributed by atoms with Crippen LogP contribution in [0.25, 0.3) is 0 Å². The van der Waals surface area contributed by atoms with Crippen LogP contribution in [0, 0.1) is 0 Å². The van der Waals surface area contributed by atoms with E-state index in [-0.39, 0.29) is 5.60 Å². The summed E-state index contributed by atoms with van der Waals surface area (Å²) in [6.45, 7) is 5.13. The lowest BCUT2D eigenvalue weighted by Crippen LogP contribution is -2.34. The van der Waals surface area contributed by atoms with Gasteiger partial charge in [0.05, 0.1) is 24.4 Å². The molecule has 2 aliphatic rings. The third-order valence-electron chi connectivity index (χ3n) is 4.15. The number of nitrogens with one attached hydrogen (secondary N) is 1. The summed E-state index contributed by atoms with van der Waals surface area (Å²) in [5, 5.41) is 3.35. The Morgan fingerprint density at radius 3 is 2.41 bits per heavy atom. The summed E-state index contributed by atoms with van der Waals surface area (Å²) in [4.78, 5) is 0. The van der Waals surface area contributed by atoms with Gasteiger partial charge in [-0.05, 0) is 59.4 Å². The highest BCUT2D eigenvalue weighted by atomic mass is 16.6. The summed E-state index contributed by atoms with van der Waals surface area (Å²) >= 11 is 0. The molecule has 3 heteroatoms. The molecule has 3 nitrogen and oxygen atoms in total. The van der Waals surface area contributed by atoms with Crippen molar-refractivity contribution in [3.8, 4) is 0 Å². The molecule has 1 aliphatic carbocycles. The van der Waals surface area contributed by atoms with Crippen LogP contribution in [0.5, 0.6) is 0 Å². The van der Waals surface area contributed by atoms with Gasteiger partial charge in [-0.1, -0.05) is 0 Å². The van der Waals surface area contributed by atoms with Crippen LogP contribution in [-0.2, 0) is 9.47 Å². The summed E-state index contributed by atoms with van der Waals surface area (Å²) in [7, 11) is 2.06. The van der Waals surface area contributed by atoms with E-state index in [0.717, 1.165) is 19.4 Å². The SMILES string of the molecule is CNC1CCC(OCC2CCC(C)(C)O2)CC1. The van der Waals surface area contributed by atoms with Gasteiger partial charge >= 0.3 is 0 Å². The highest BCUT2D eigenvalue weighted by Crippen LogP contribution is 2.30. The highest BCUT2D eigenvalue weighted by molar-refractivity contribution is 4.81. The van der Waals surface area contributed by atoms with Crippen molar-refractivity contribution >= 4 is 0 Å². The smallest absolute Gasteiger partial charge is 0.0816 e. The second-order valence-corrected chi connectivity index (χ2v) is 6.13. The van der Waals surface area contributed by atoms with Crippen molar-refractivity contribution in [2.24, 2.45) is 0 Å². The van der Waals surface area contributed by atoms with Crippen molar-refractivity contribution in [3.63, 3.8) is 0 Å². The monoisotopic (exact) mass is 241 g/mol. The zero-order chi connectivity index (χ0) is 12.3. The van der Waals surface area contributed by atoms with Crippen LogP contribution >= 0.6 is 0 Å². The van der Waals surface area contributed by atoms with Gasteiger partial charge in [0, 0.05) is 6.04 Å². The molecule has 1 aliphatic heterocycles. The van der Waals surface area contributed by atoms with E-state index in [1.807, 2.05) is 0 Å². The van der Waals surface area contributed by atoms with Crippen molar-refractivity contribution < 1.29 is 9.47 Å². The summed E-state index contributed by atoms with van der Waals surface area (Å²) in [5.41, 5.74) is 0.0673. The first kappa shape index (κ1) is 13.3. The molecule has 0 radical (unpaired) electrons. The Hall–Kier alpha value is -0.120. The lowest BCUT2D eigenvalue weighted by atomic mass is 9.93. The molecular formula is C14H27NO2. The minimum Gasteiger partial charge on any atom is -0.376 e. The average Bonchev–Trinajstić information content (AvgIpc) is 2.67. The van der Waals surface area contributed by atoms with Crippen LogP contribution in [-0.4, -0.2) is 37.5 Å². The van der Waals surface area contributed by atoms with Crippen LogP contribution in [0.2, 0.25) is 0 Å². The van der Waals surface area contributed by atoms with E-state index in [4.69, 9.17) is 9.47 Å². The molecule has 2 fully saturated rings. The molecule has 1 saturated heterocycles. The van der Waals surface area contributed by atoms with Crippen LogP contribution in [0.1, 0.15) is 52.4 Å². The standard InChI is InChI=1S/C14H27NO2/c1-14(2)9-8-13(17-14)10-16-12-6-4-11(15-3)5-7-12/h11-13,15H,4-10H2,1-3H3. The molecule has 1 heterocycles. The van der Waals surface area contributed by atoms with E-state index in [2.05, 4.69) is 26.2 Å². The Balaban J connectivity index is 1.63. The Kier molecular flexibility index (Phi) is 4.45. The van der Waals surface area contributed by atoms with Crippen molar-refractivity contribution in [1.29, 1.82) is 0 Å². The van der Waals surface area contributed by atoms with Crippen molar-refractivity contribution in [2.75, 3.05) is 13.7 Å². The van der Waals surface area contributed by atoms with Crippen LogP contribution in [0.3, 0.4) is 0 Å². The van der Waals surface area contributed by atoms with Crippen LogP contribution < -0.4 is 5.32 Å². The largest absolute Gasteiger partial charge is 0.376 e. The first-order chi connectivity index (χ1) is 8.09. The maximum Gasteiger partial charge on any atom is 0.0816 e. The Labute approximate surface area is 105 Å². The van der Waals surface area contributed by atoms with Gasteiger partial charge in [0.1, 0.15) is 0 Å². The van der Waals surface area contributed by atoms with Gasteiger partial charge in [0.25, 0.3) is 0 Å². The highest BCUT2D eigenvalue weighted by Gasteiger charge is 2.32. The van der Waals surface area contributed by atoms with Crippen molar-refractivity contribution in [1.82, 2.24) is 5.32 Å². The second-order valence-electron chi connectivity index (χ2n) is 6.13. The quantitative estimate of drug-likeness (QED) is 0.820. The molecule has 0 bridgehead atoms. The molecule has 1 atom stereocenters. The van der Waals surface area contributed by atoms with Crippen LogP contribution in [0.4, 0.5) is 0 Å². The lowest BCUT2D eigenvalue weighted by Gasteiger charge is -2.29.